The van der Waals surface area contributed by atoms with Gasteiger partial charge in [-0.15, -0.1) is 0 Å². The smallest absolute Gasteiger partial charge is 0.119 e. The largest absolute Gasteiger partial charge is 0.497 e. The summed E-state index contributed by atoms with van der Waals surface area (Å²) in [5.41, 5.74) is 2.11. The number of rotatable bonds is 5. The highest BCUT2D eigenvalue weighted by Gasteiger charge is 2.23. The van der Waals surface area contributed by atoms with E-state index in [9.17, 15) is 5.11 Å². The quantitative estimate of drug-likeness (QED) is 0.880. The highest BCUT2D eigenvalue weighted by atomic mass is 16.5. The average molecular weight is 277 g/mol. The summed E-state index contributed by atoms with van der Waals surface area (Å²) in [5, 5.41) is 10.4. The number of aliphatic hydroxyl groups is 1. The van der Waals surface area contributed by atoms with Crippen LogP contribution in [0.2, 0.25) is 0 Å². The van der Waals surface area contributed by atoms with Gasteiger partial charge in [0.25, 0.3) is 0 Å². The highest BCUT2D eigenvalue weighted by molar-refractivity contribution is 5.84. The van der Waals surface area contributed by atoms with E-state index < -0.39 is 7.04 Å². The lowest BCUT2D eigenvalue weighted by molar-refractivity contribution is 0.160. The molecule has 1 saturated heterocycles. The van der Waals surface area contributed by atoms with Gasteiger partial charge >= 0.3 is 0 Å². The normalized spacial score (nSPS) is 22.6. The number of nitrogens with zero attached hydrogens (tertiary/aromatic N) is 1. The molecule has 1 aliphatic heterocycles. The lowest BCUT2D eigenvalue weighted by atomic mass is 10.1. The summed E-state index contributed by atoms with van der Waals surface area (Å²) in [4.78, 5) is 5.54. The van der Waals surface area contributed by atoms with Crippen molar-refractivity contribution in [3.05, 3.63) is 30.0 Å². The third kappa shape index (κ3) is 2.53. The third-order valence-corrected chi connectivity index (χ3v) is 4.23. The maximum absolute atomic E-state index is 9.39. The van der Waals surface area contributed by atoms with Gasteiger partial charge in [-0.25, -0.2) is 0 Å². The number of aromatic amines is 1. The summed E-state index contributed by atoms with van der Waals surface area (Å²) < 4.78 is 26.6. The first-order valence-corrected chi connectivity index (χ1v) is 7.10. The van der Waals surface area contributed by atoms with E-state index in [1.165, 1.54) is 0 Å². The molecule has 0 saturated carbocycles. The minimum atomic E-state index is -2.44. The number of hydrogen-bond donors (Lipinski definition) is 2. The summed E-state index contributed by atoms with van der Waals surface area (Å²) in [6.45, 7) is 2.13. The second kappa shape index (κ2) is 5.85. The Morgan fingerprint density at radius 1 is 1.55 bits per heavy atom. The first-order chi connectivity index (χ1) is 11.0. The Morgan fingerprint density at radius 3 is 3.35 bits per heavy atom. The van der Waals surface area contributed by atoms with Crippen molar-refractivity contribution in [3.8, 4) is 5.75 Å². The Bertz CT molecular complexity index is 669. The van der Waals surface area contributed by atoms with Gasteiger partial charge in [-0.05, 0) is 49.6 Å². The third-order valence-electron chi connectivity index (χ3n) is 4.23. The first kappa shape index (κ1) is 10.2. The maximum atomic E-state index is 9.39. The summed E-state index contributed by atoms with van der Waals surface area (Å²) in [6, 6.07) is 5.56. The molecule has 4 nitrogen and oxygen atoms in total. The van der Waals surface area contributed by atoms with E-state index in [1.54, 1.807) is 12.1 Å². The predicted octanol–water partition coefficient (Wildman–Crippen LogP) is 2.18. The minimum Gasteiger partial charge on any atom is -0.497 e. The Morgan fingerprint density at radius 2 is 2.50 bits per heavy atom. The van der Waals surface area contributed by atoms with Crippen LogP contribution in [0.3, 0.4) is 0 Å². The van der Waals surface area contributed by atoms with E-state index in [0.29, 0.717) is 5.75 Å². The fourth-order valence-electron chi connectivity index (χ4n) is 3.09. The number of H-pyrrole nitrogens is 1. The number of benzene rings is 1. The molecule has 0 aliphatic carbocycles. The van der Waals surface area contributed by atoms with Crippen LogP contribution in [-0.2, 0) is 6.42 Å². The number of methoxy groups -OCH3 is 1. The van der Waals surface area contributed by atoms with Gasteiger partial charge in [-0.3, -0.25) is 4.90 Å². The Kier molecular flexibility index (Phi) is 3.00. The summed E-state index contributed by atoms with van der Waals surface area (Å²) in [7, 11) is -2.44. The molecule has 0 unspecified atom stereocenters. The second-order valence-electron chi connectivity index (χ2n) is 5.39. The van der Waals surface area contributed by atoms with E-state index >= 15 is 0 Å². The Hall–Kier alpha value is -1.52. The molecule has 1 atom stereocenters. The molecule has 1 fully saturated rings. The monoisotopic (exact) mass is 277 g/mol. The minimum absolute atomic E-state index is 0.213. The van der Waals surface area contributed by atoms with Crippen molar-refractivity contribution in [2.24, 2.45) is 0 Å². The van der Waals surface area contributed by atoms with Crippen molar-refractivity contribution in [1.29, 1.82) is 0 Å². The van der Waals surface area contributed by atoms with Crippen LogP contribution in [0.1, 0.15) is 22.5 Å². The van der Waals surface area contributed by atoms with Gasteiger partial charge in [0.15, 0.2) is 0 Å². The zero-order chi connectivity index (χ0) is 16.4. The summed E-state index contributed by atoms with van der Waals surface area (Å²) >= 11 is 0. The number of hydrogen-bond acceptors (Lipinski definition) is 3. The molecule has 2 aromatic rings. The predicted molar refractivity (Wildman–Crippen MR) is 80.2 cm³/mol. The van der Waals surface area contributed by atoms with Crippen LogP contribution in [0.4, 0.5) is 0 Å². The second-order valence-corrected chi connectivity index (χ2v) is 5.39. The standard InChI is InChI=1S/C16H22N2O2/c1-20-14-4-5-16-15(9-14)12(10-17-16)6-8-18-7-2-3-13(18)11-19/h4-5,9-10,13,17,19H,2-3,6-8,11H2,1H3/t13-/m0/s1/i1D3. The van der Waals surface area contributed by atoms with E-state index in [0.717, 1.165) is 48.8 Å². The molecule has 0 bridgehead atoms. The molecule has 2 heterocycles. The highest BCUT2D eigenvalue weighted by Crippen LogP contribution is 2.25. The van der Waals surface area contributed by atoms with Gasteiger partial charge in [-0.2, -0.15) is 0 Å². The number of likely N-dealkylation sites (tertiary alicyclic amines) is 1. The van der Waals surface area contributed by atoms with Crippen LogP contribution in [0, 0.1) is 0 Å². The number of aromatic nitrogens is 1. The van der Waals surface area contributed by atoms with E-state index in [2.05, 4.69) is 9.88 Å². The van der Waals surface area contributed by atoms with Gasteiger partial charge in [-0.1, -0.05) is 0 Å². The van der Waals surface area contributed by atoms with Crippen molar-refractivity contribution >= 4 is 10.9 Å². The average Bonchev–Trinajstić information content (AvgIpc) is 3.09. The molecule has 1 aliphatic rings. The van der Waals surface area contributed by atoms with Gasteiger partial charge in [0, 0.05) is 29.7 Å². The Labute approximate surface area is 123 Å². The van der Waals surface area contributed by atoms with Crippen LogP contribution in [0.25, 0.3) is 10.9 Å². The maximum Gasteiger partial charge on any atom is 0.119 e. The molecule has 108 valence electrons. The van der Waals surface area contributed by atoms with Crippen LogP contribution in [0.5, 0.6) is 5.75 Å². The van der Waals surface area contributed by atoms with Crippen molar-refractivity contribution in [2.75, 3.05) is 26.7 Å². The molecule has 1 aromatic heterocycles. The molecule has 20 heavy (non-hydrogen) atoms. The number of nitrogens with one attached hydrogen (secondary N) is 1. The zero-order valence-electron chi connectivity index (χ0n) is 14.4. The molecule has 0 amide bonds. The molecule has 3 rings (SSSR count). The van der Waals surface area contributed by atoms with Crippen molar-refractivity contribution in [3.63, 3.8) is 0 Å². The SMILES string of the molecule is [2H]C([2H])([2H])Oc1ccc2[nH]cc(CCN3CCC[C@H]3CO)c2c1. The molecule has 0 spiro atoms. The summed E-state index contributed by atoms with van der Waals surface area (Å²) in [6.07, 6.45) is 5.01. The topological polar surface area (TPSA) is 48.5 Å². The van der Waals surface area contributed by atoms with Crippen LogP contribution >= 0.6 is 0 Å². The van der Waals surface area contributed by atoms with Gasteiger partial charge in [0.05, 0.1) is 17.8 Å². The zero-order valence-corrected chi connectivity index (χ0v) is 11.4. The van der Waals surface area contributed by atoms with Crippen LogP contribution < -0.4 is 4.74 Å². The molecular weight excluding hydrogens is 252 g/mol. The van der Waals surface area contributed by atoms with E-state index in [1.807, 2.05) is 12.3 Å². The Balaban J connectivity index is 1.74. The van der Waals surface area contributed by atoms with Gasteiger partial charge in [0.2, 0.25) is 0 Å². The van der Waals surface area contributed by atoms with Crippen LogP contribution in [0.15, 0.2) is 24.4 Å². The molecule has 1 aromatic carbocycles. The number of aliphatic hydroxyl groups excluding tert-OH is 1. The van der Waals surface area contributed by atoms with Crippen molar-refractivity contribution < 1.29 is 14.0 Å². The summed E-state index contributed by atoms with van der Waals surface area (Å²) in [5.74, 6) is 0.354. The van der Waals surface area contributed by atoms with Gasteiger partial charge in [0.1, 0.15) is 5.75 Å². The van der Waals surface area contributed by atoms with Crippen LogP contribution in [-0.4, -0.2) is 47.8 Å². The fourth-order valence-corrected chi connectivity index (χ4v) is 3.09. The molecule has 4 heteroatoms. The van der Waals surface area contributed by atoms with Crippen molar-refractivity contribution in [2.45, 2.75) is 25.3 Å². The fraction of sp³-hybridized carbons (Fsp3) is 0.500. The molecular formula is C16H22N2O2. The van der Waals surface area contributed by atoms with E-state index in [-0.39, 0.29) is 12.6 Å². The molecule has 0 radical (unpaired) electrons. The lowest BCUT2D eigenvalue weighted by Gasteiger charge is -2.22. The van der Waals surface area contributed by atoms with Crippen molar-refractivity contribution in [1.82, 2.24) is 9.88 Å². The number of fused-ring (bicyclic) bond motifs is 1. The number of ether oxygens (including phenoxy) is 1. The lowest BCUT2D eigenvalue weighted by Crippen LogP contribution is -2.33. The molecule has 2 N–H and O–H groups in total. The van der Waals surface area contributed by atoms with Gasteiger partial charge < -0.3 is 14.8 Å². The van der Waals surface area contributed by atoms with E-state index in [4.69, 9.17) is 8.85 Å². The first-order valence-electron chi connectivity index (χ1n) is 8.60.